The minimum absolute atomic E-state index is 0.00293. The molecule has 2 rings (SSSR count). The third-order valence-electron chi connectivity index (χ3n) is 2.80. The quantitative estimate of drug-likeness (QED) is 0.341. The van der Waals surface area contributed by atoms with Gasteiger partial charge in [0.25, 0.3) is 5.69 Å². The van der Waals surface area contributed by atoms with Crippen LogP contribution in [-0.2, 0) is 11.2 Å². The summed E-state index contributed by atoms with van der Waals surface area (Å²) in [4.78, 5) is 10.7. The Bertz CT molecular complexity index is 574. The lowest BCUT2D eigenvalue weighted by Crippen LogP contribution is -2.10. The van der Waals surface area contributed by atoms with Crippen LogP contribution >= 0.6 is 0 Å². The second kappa shape index (κ2) is 7.66. The van der Waals surface area contributed by atoms with Gasteiger partial charge in [0.15, 0.2) is 4.90 Å². The van der Waals surface area contributed by atoms with E-state index in [2.05, 4.69) is 0 Å². The fraction of sp³-hybridized carbons (Fsp3) is 0.200. The van der Waals surface area contributed by atoms with E-state index in [1.54, 1.807) is 0 Å². The molecule has 0 fully saturated rings. The highest BCUT2D eigenvalue weighted by Gasteiger charge is 2.13. The lowest BCUT2D eigenvalue weighted by Gasteiger charge is -2.10. The van der Waals surface area contributed by atoms with Gasteiger partial charge in [0.05, 0.1) is 11.5 Å². The van der Waals surface area contributed by atoms with Crippen molar-refractivity contribution < 1.29 is 14.2 Å². The number of nitro groups is 1. The normalized spacial score (nSPS) is 11.9. The molecule has 0 amide bonds. The van der Waals surface area contributed by atoms with E-state index in [1.165, 1.54) is 24.3 Å². The summed E-state index contributed by atoms with van der Waals surface area (Å²) in [5.74, 6) is 1.25. The van der Waals surface area contributed by atoms with Crippen LogP contribution in [0.2, 0.25) is 0 Å². The summed E-state index contributed by atoms with van der Waals surface area (Å²) in [6.45, 7) is 0.489. The molecule has 21 heavy (non-hydrogen) atoms. The molecule has 0 aliphatic rings. The molecule has 2 aromatic carbocycles. The maximum Gasteiger partial charge on any atom is 0.269 e. The Morgan fingerprint density at radius 3 is 2.33 bits per heavy atom. The minimum Gasteiger partial charge on any atom is -0.611 e. The van der Waals surface area contributed by atoms with Crippen LogP contribution < -0.4 is 4.74 Å². The number of benzene rings is 2. The lowest BCUT2D eigenvalue weighted by atomic mass is 10.3. The predicted octanol–water partition coefficient (Wildman–Crippen LogP) is 3.17. The van der Waals surface area contributed by atoms with Crippen molar-refractivity contribution in [3.8, 4) is 5.75 Å². The van der Waals surface area contributed by atoms with E-state index < -0.39 is 16.1 Å². The highest BCUT2D eigenvalue weighted by Crippen LogP contribution is 2.17. The van der Waals surface area contributed by atoms with Gasteiger partial charge in [-0.15, -0.1) is 0 Å². The van der Waals surface area contributed by atoms with Gasteiger partial charge in [-0.3, -0.25) is 10.1 Å². The fourth-order valence-corrected chi connectivity index (χ4v) is 2.79. The summed E-state index contributed by atoms with van der Waals surface area (Å²) < 4.78 is 17.5. The SMILES string of the molecule is O=[N+]([O-])c1ccc([S+]([O-])CCCOc2ccccc2)cc1. The Kier molecular flexibility index (Phi) is 5.59. The Balaban J connectivity index is 1.76. The third kappa shape index (κ3) is 4.77. The summed E-state index contributed by atoms with van der Waals surface area (Å²) >= 11 is -1.17. The van der Waals surface area contributed by atoms with Crippen molar-refractivity contribution in [2.24, 2.45) is 0 Å². The van der Waals surface area contributed by atoms with E-state index in [0.717, 1.165) is 5.75 Å². The Morgan fingerprint density at radius 1 is 1.05 bits per heavy atom. The van der Waals surface area contributed by atoms with Gasteiger partial charge in [-0.2, -0.15) is 0 Å². The van der Waals surface area contributed by atoms with Crippen LogP contribution in [0.5, 0.6) is 5.75 Å². The van der Waals surface area contributed by atoms with E-state index in [4.69, 9.17) is 4.74 Å². The molecule has 0 aliphatic carbocycles. The smallest absolute Gasteiger partial charge is 0.269 e. The zero-order valence-electron chi connectivity index (χ0n) is 11.3. The van der Waals surface area contributed by atoms with Crippen molar-refractivity contribution in [1.29, 1.82) is 0 Å². The molecule has 0 spiro atoms. The van der Waals surface area contributed by atoms with Crippen LogP contribution in [0.4, 0.5) is 5.69 Å². The van der Waals surface area contributed by atoms with Gasteiger partial charge in [0.2, 0.25) is 0 Å². The largest absolute Gasteiger partial charge is 0.611 e. The van der Waals surface area contributed by atoms with Crippen LogP contribution in [0.15, 0.2) is 59.5 Å². The van der Waals surface area contributed by atoms with Crippen LogP contribution in [0.1, 0.15) is 6.42 Å². The molecular formula is C15H15NO4S. The molecule has 0 heterocycles. The van der Waals surface area contributed by atoms with Crippen LogP contribution in [0.3, 0.4) is 0 Å². The first-order valence-corrected chi connectivity index (χ1v) is 7.79. The number of rotatable bonds is 7. The molecule has 0 N–H and O–H groups in total. The van der Waals surface area contributed by atoms with Gasteiger partial charge in [-0.05, 0) is 35.4 Å². The molecule has 0 aliphatic heterocycles. The number of ether oxygens (including phenoxy) is 1. The summed E-state index contributed by atoms with van der Waals surface area (Å²) in [6, 6.07) is 15.2. The first-order chi connectivity index (χ1) is 10.2. The third-order valence-corrected chi connectivity index (χ3v) is 4.25. The Hall–Kier alpha value is -2.05. The molecule has 0 radical (unpaired) electrons. The highest BCUT2D eigenvalue weighted by molar-refractivity contribution is 7.91. The van der Waals surface area contributed by atoms with Crippen LogP contribution in [0, 0.1) is 10.1 Å². The molecule has 110 valence electrons. The van der Waals surface area contributed by atoms with Gasteiger partial charge in [-0.25, -0.2) is 0 Å². The van der Waals surface area contributed by atoms with E-state index >= 15 is 0 Å². The summed E-state index contributed by atoms with van der Waals surface area (Å²) in [5, 5.41) is 10.5. The summed E-state index contributed by atoms with van der Waals surface area (Å²) in [7, 11) is 0. The van der Waals surface area contributed by atoms with Gasteiger partial charge < -0.3 is 9.29 Å². The zero-order chi connectivity index (χ0) is 15.1. The number of nitrogens with zero attached hydrogens (tertiary/aromatic N) is 1. The van der Waals surface area contributed by atoms with Crippen molar-refractivity contribution in [2.45, 2.75) is 11.3 Å². The number of non-ortho nitro benzene ring substituents is 1. The molecule has 5 nitrogen and oxygen atoms in total. The van der Waals surface area contributed by atoms with Gasteiger partial charge >= 0.3 is 0 Å². The monoisotopic (exact) mass is 305 g/mol. The average Bonchev–Trinajstić information content (AvgIpc) is 2.52. The van der Waals surface area contributed by atoms with Crippen molar-refractivity contribution in [3.63, 3.8) is 0 Å². The van der Waals surface area contributed by atoms with Crippen molar-refractivity contribution >= 4 is 16.9 Å². The molecule has 2 aromatic rings. The molecule has 0 bridgehead atoms. The number of hydrogen-bond acceptors (Lipinski definition) is 4. The van der Waals surface area contributed by atoms with Gasteiger partial charge in [0, 0.05) is 18.6 Å². The molecule has 0 saturated heterocycles. The lowest BCUT2D eigenvalue weighted by molar-refractivity contribution is -0.384. The van der Waals surface area contributed by atoms with Crippen molar-refractivity contribution in [3.05, 3.63) is 64.7 Å². The molecule has 1 unspecified atom stereocenters. The van der Waals surface area contributed by atoms with Crippen LogP contribution in [-0.4, -0.2) is 21.8 Å². The number of para-hydroxylation sites is 1. The standard InChI is InChI=1S/C15H15NO4S/c17-16(18)13-7-9-15(10-8-13)21(19)12-4-11-20-14-5-2-1-3-6-14/h1-3,5-10H,4,11-12H2. The predicted molar refractivity (Wildman–Crippen MR) is 80.9 cm³/mol. The van der Waals surface area contributed by atoms with Crippen molar-refractivity contribution in [2.75, 3.05) is 12.4 Å². The van der Waals surface area contributed by atoms with E-state index in [0.29, 0.717) is 23.7 Å². The molecule has 6 heteroatoms. The average molecular weight is 305 g/mol. The maximum atomic E-state index is 12.0. The van der Waals surface area contributed by atoms with E-state index in [1.807, 2.05) is 30.3 Å². The first kappa shape index (κ1) is 15.3. The number of hydrogen-bond donors (Lipinski definition) is 0. The molecule has 0 saturated carbocycles. The molecule has 1 atom stereocenters. The number of nitro benzene ring substituents is 1. The first-order valence-electron chi connectivity index (χ1n) is 6.47. The highest BCUT2D eigenvalue weighted by atomic mass is 32.2. The van der Waals surface area contributed by atoms with Crippen LogP contribution in [0.25, 0.3) is 0 Å². The zero-order valence-corrected chi connectivity index (χ0v) is 12.1. The summed E-state index contributed by atoms with van der Waals surface area (Å²) in [6.07, 6.45) is 0.651. The van der Waals surface area contributed by atoms with Gasteiger partial charge in [0.1, 0.15) is 11.5 Å². The second-order valence-corrected chi connectivity index (χ2v) is 5.89. The fourth-order valence-electron chi connectivity index (χ4n) is 1.73. The molecule has 0 aromatic heterocycles. The second-order valence-electron chi connectivity index (χ2n) is 4.32. The van der Waals surface area contributed by atoms with E-state index in [-0.39, 0.29) is 5.69 Å². The minimum atomic E-state index is -1.17. The topological polar surface area (TPSA) is 75.4 Å². The molecular weight excluding hydrogens is 290 g/mol. The maximum absolute atomic E-state index is 12.0. The Labute approximate surface area is 125 Å². The summed E-state index contributed by atoms with van der Waals surface area (Å²) in [5.41, 5.74) is 0.00293. The van der Waals surface area contributed by atoms with Gasteiger partial charge in [-0.1, -0.05) is 18.2 Å². The Morgan fingerprint density at radius 2 is 1.71 bits per heavy atom. The van der Waals surface area contributed by atoms with E-state index in [9.17, 15) is 14.7 Å². The van der Waals surface area contributed by atoms with Crippen molar-refractivity contribution in [1.82, 2.24) is 0 Å².